The van der Waals surface area contributed by atoms with Crippen LogP contribution < -0.4 is 11.1 Å². The zero-order valence-electron chi connectivity index (χ0n) is 17.2. The highest BCUT2D eigenvalue weighted by Gasteiger charge is 2.19. The van der Waals surface area contributed by atoms with E-state index in [2.05, 4.69) is 26.8 Å². The van der Waals surface area contributed by atoms with Crippen molar-refractivity contribution in [3.8, 4) is 0 Å². The van der Waals surface area contributed by atoms with Crippen LogP contribution in [0.1, 0.15) is 36.5 Å². The maximum absolute atomic E-state index is 12.0. The van der Waals surface area contributed by atoms with E-state index in [-0.39, 0.29) is 24.1 Å². The molecule has 8 nitrogen and oxygen atoms in total. The number of hydrogen-bond donors (Lipinski definition) is 2. The van der Waals surface area contributed by atoms with Crippen LogP contribution in [-0.4, -0.2) is 58.4 Å². The number of nitrogens with one attached hydrogen (secondary N) is 1. The van der Waals surface area contributed by atoms with Gasteiger partial charge in [0.05, 0.1) is 30.8 Å². The minimum Gasteiger partial charge on any atom is -0.381 e. The highest BCUT2D eigenvalue weighted by Crippen LogP contribution is 2.19. The molecule has 0 aromatic carbocycles. The number of ether oxygens (including phenoxy) is 2. The first-order valence-corrected chi connectivity index (χ1v) is 10.5. The monoisotopic (exact) mass is 437 g/mol. The van der Waals surface area contributed by atoms with Gasteiger partial charge in [0, 0.05) is 19.3 Å². The van der Waals surface area contributed by atoms with E-state index in [1.807, 2.05) is 13.8 Å². The van der Waals surface area contributed by atoms with E-state index >= 15 is 0 Å². The summed E-state index contributed by atoms with van der Waals surface area (Å²) in [6.07, 6.45) is 7.65. The fourth-order valence-corrected chi connectivity index (χ4v) is 3.44. The number of hydrogen-bond acceptors (Lipinski definition) is 8. The number of rotatable bonds is 7. The van der Waals surface area contributed by atoms with Crippen molar-refractivity contribution in [1.82, 2.24) is 20.3 Å². The molecule has 3 rings (SSSR count). The molecule has 1 saturated heterocycles. The second kappa shape index (κ2) is 12.4. The molecule has 1 fully saturated rings. The Balaban J connectivity index is 0.000000235. The SMILES string of the molecule is C=CC(N)C(/C=C/F)OC(C)C.O=C(NC1CCOCC1)c1nc2cncnc2s1. The number of amides is 1. The van der Waals surface area contributed by atoms with Crippen LogP contribution in [0.25, 0.3) is 10.3 Å². The molecule has 0 saturated carbocycles. The highest BCUT2D eigenvalue weighted by atomic mass is 32.1. The minimum atomic E-state index is -0.424. The summed E-state index contributed by atoms with van der Waals surface area (Å²) in [6, 6.07) is -0.177. The molecule has 3 N–H and O–H groups in total. The van der Waals surface area contributed by atoms with E-state index in [0.29, 0.717) is 30.1 Å². The zero-order chi connectivity index (χ0) is 21.9. The van der Waals surface area contributed by atoms with E-state index in [1.54, 1.807) is 6.20 Å². The number of carbonyl (C=O) groups excluding carboxylic acids is 1. The van der Waals surface area contributed by atoms with Crippen molar-refractivity contribution in [3.63, 3.8) is 0 Å². The largest absolute Gasteiger partial charge is 0.381 e. The van der Waals surface area contributed by atoms with Gasteiger partial charge in [-0.15, -0.1) is 6.58 Å². The van der Waals surface area contributed by atoms with Crippen LogP contribution in [0.2, 0.25) is 0 Å². The molecule has 10 heteroatoms. The molecule has 0 spiro atoms. The Morgan fingerprint density at radius 3 is 2.80 bits per heavy atom. The van der Waals surface area contributed by atoms with Gasteiger partial charge in [0.1, 0.15) is 16.7 Å². The van der Waals surface area contributed by atoms with Gasteiger partial charge in [0.15, 0.2) is 5.01 Å². The van der Waals surface area contributed by atoms with Gasteiger partial charge in [-0.05, 0) is 32.8 Å². The molecule has 0 aliphatic carbocycles. The molecule has 1 aliphatic heterocycles. The van der Waals surface area contributed by atoms with Crippen molar-refractivity contribution < 1.29 is 18.7 Å². The molecule has 3 heterocycles. The molecular formula is C20H28FN5O3S. The number of halogens is 1. The summed E-state index contributed by atoms with van der Waals surface area (Å²) in [7, 11) is 0. The zero-order valence-corrected chi connectivity index (χ0v) is 18.0. The van der Waals surface area contributed by atoms with Gasteiger partial charge in [-0.25, -0.2) is 19.3 Å². The summed E-state index contributed by atoms with van der Waals surface area (Å²) in [4.78, 5) is 25.0. The number of fused-ring (bicyclic) bond motifs is 1. The van der Waals surface area contributed by atoms with Gasteiger partial charge in [-0.3, -0.25) is 4.79 Å². The van der Waals surface area contributed by atoms with Crippen LogP contribution in [0, 0.1) is 0 Å². The van der Waals surface area contributed by atoms with Crippen LogP contribution in [-0.2, 0) is 9.47 Å². The van der Waals surface area contributed by atoms with Crippen molar-refractivity contribution in [1.29, 1.82) is 0 Å². The Bertz CT molecular complexity index is 806. The molecule has 164 valence electrons. The third-order valence-corrected chi connectivity index (χ3v) is 5.14. The first kappa shape index (κ1) is 24.0. The summed E-state index contributed by atoms with van der Waals surface area (Å²) in [5.74, 6) is -0.134. The average Bonchev–Trinajstić information content (AvgIpc) is 3.18. The Morgan fingerprint density at radius 2 is 2.20 bits per heavy atom. The normalized spacial score (nSPS) is 16.8. The van der Waals surface area contributed by atoms with Crippen LogP contribution >= 0.6 is 11.3 Å². The predicted octanol–water partition coefficient (Wildman–Crippen LogP) is 2.77. The number of aromatic nitrogens is 3. The summed E-state index contributed by atoms with van der Waals surface area (Å²) < 4.78 is 22.4. The van der Waals surface area contributed by atoms with Crippen molar-refractivity contribution in [2.45, 2.75) is 51.0 Å². The first-order chi connectivity index (χ1) is 14.4. The number of carbonyl (C=O) groups is 1. The van der Waals surface area contributed by atoms with Crippen LogP contribution in [0.4, 0.5) is 4.39 Å². The van der Waals surface area contributed by atoms with E-state index in [0.717, 1.165) is 17.7 Å². The fraction of sp³-hybridized carbons (Fsp3) is 0.500. The van der Waals surface area contributed by atoms with Gasteiger partial charge in [-0.2, -0.15) is 0 Å². The molecule has 2 atom stereocenters. The van der Waals surface area contributed by atoms with Gasteiger partial charge in [0.2, 0.25) is 0 Å². The second-order valence-corrected chi connectivity index (χ2v) is 7.85. The van der Waals surface area contributed by atoms with E-state index < -0.39 is 6.10 Å². The summed E-state index contributed by atoms with van der Waals surface area (Å²) in [6.45, 7) is 8.66. The highest BCUT2D eigenvalue weighted by molar-refractivity contribution is 7.19. The molecule has 2 aromatic rings. The molecule has 2 unspecified atom stereocenters. The lowest BCUT2D eigenvalue weighted by atomic mass is 10.1. The van der Waals surface area contributed by atoms with Crippen LogP contribution in [0.5, 0.6) is 0 Å². The molecule has 0 bridgehead atoms. The maximum Gasteiger partial charge on any atom is 0.280 e. The molecule has 30 heavy (non-hydrogen) atoms. The van der Waals surface area contributed by atoms with Gasteiger partial charge in [0.25, 0.3) is 5.91 Å². The standard InChI is InChI=1S/C11H12N4O2S.C9H16FNO/c16-9(14-7-1-3-17-4-2-7)11-15-8-5-12-6-13-10(8)18-11;1-4-8(11)9(5-6-10)12-7(2)3/h5-7H,1-4H2,(H,14,16);4-9H,1,11H2,2-3H3/b;6-5+. The van der Waals surface area contributed by atoms with E-state index in [9.17, 15) is 9.18 Å². The molecule has 0 radical (unpaired) electrons. The van der Waals surface area contributed by atoms with E-state index in [4.69, 9.17) is 15.2 Å². The Morgan fingerprint density at radius 1 is 1.47 bits per heavy atom. The molecule has 1 amide bonds. The van der Waals surface area contributed by atoms with Gasteiger partial charge < -0.3 is 20.5 Å². The third kappa shape index (κ3) is 7.52. The Hall–Kier alpha value is -2.27. The van der Waals surface area contributed by atoms with Crippen molar-refractivity contribution >= 4 is 27.6 Å². The van der Waals surface area contributed by atoms with Crippen molar-refractivity contribution in [2.24, 2.45) is 5.73 Å². The fourth-order valence-electron chi connectivity index (χ4n) is 2.66. The third-order valence-electron chi connectivity index (χ3n) is 4.17. The quantitative estimate of drug-likeness (QED) is 0.641. The smallest absolute Gasteiger partial charge is 0.280 e. The molecular weight excluding hydrogens is 409 g/mol. The summed E-state index contributed by atoms with van der Waals surface area (Å²) in [5, 5.41) is 3.42. The Kier molecular flexibility index (Phi) is 9.95. The first-order valence-electron chi connectivity index (χ1n) is 9.70. The molecule has 1 aliphatic rings. The number of thiazole rings is 1. The van der Waals surface area contributed by atoms with Crippen molar-refractivity contribution in [3.05, 3.63) is 42.6 Å². The number of nitrogens with two attached hydrogens (primary N) is 1. The lowest BCUT2D eigenvalue weighted by Gasteiger charge is -2.22. The van der Waals surface area contributed by atoms with Gasteiger partial charge >= 0.3 is 0 Å². The van der Waals surface area contributed by atoms with Crippen LogP contribution in [0.3, 0.4) is 0 Å². The average molecular weight is 438 g/mol. The lowest BCUT2D eigenvalue weighted by molar-refractivity contribution is 0.0287. The Labute approximate surface area is 179 Å². The van der Waals surface area contributed by atoms with E-state index in [1.165, 1.54) is 29.8 Å². The van der Waals surface area contributed by atoms with Crippen LogP contribution in [0.15, 0.2) is 37.6 Å². The molecule has 2 aromatic heterocycles. The second-order valence-electron chi connectivity index (χ2n) is 6.87. The topological polar surface area (TPSA) is 112 Å². The number of nitrogens with zero attached hydrogens (tertiary/aromatic N) is 3. The summed E-state index contributed by atoms with van der Waals surface area (Å²) >= 11 is 1.29. The van der Waals surface area contributed by atoms with Crippen molar-refractivity contribution in [2.75, 3.05) is 13.2 Å². The lowest BCUT2D eigenvalue weighted by Crippen LogP contribution is -2.38. The minimum absolute atomic E-state index is 0.0252. The predicted molar refractivity (Wildman–Crippen MR) is 115 cm³/mol. The maximum atomic E-state index is 12.0. The summed E-state index contributed by atoms with van der Waals surface area (Å²) in [5.41, 5.74) is 6.26. The van der Waals surface area contributed by atoms with Gasteiger partial charge in [-0.1, -0.05) is 17.4 Å².